The van der Waals surface area contributed by atoms with Crippen LogP contribution in [0.3, 0.4) is 0 Å². The highest BCUT2D eigenvalue weighted by atomic mass is 15.1. The van der Waals surface area contributed by atoms with Crippen molar-refractivity contribution in [2.75, 3.05) is 13.1 Å². The molecule has 0 radical (unpaired) electrons. The number of aryl methyl sites for hydroxylation is 1. The van der Waals surface area contributed by atoms with Gasteiger partial charge < -0.3 is 4.98 Å². The maximum Gasteiger partial charge on any atom is 0.0925 e. The second-order valence-corrected chi connectivity index (χ2v) is 4.16. The highest BCUT2D eigenvalue weighted by Gasteiger charge is 2.11. The molecule has 0 aromatic carbocycles. The number of nitrogens with one attached hydrogen (secondary N) is 1. The van der Waals surface area contributed by atoms with E-state index in [0.29, 0.717) is 0 Å². The van der Waals surface area contributed by atoms with Crippen LogP contribution in [0.2, 0.25) is 0 Å². The summed E-state index contributed by atoms with van der Waals surface area (Å²) < 4.78 is 0. The second-order valence-electron chi connectivity index (χ2n) is 4.16. The number of H-pyrrole nitrogens is 1. The van der Waals surface area contributed by atoms with Crippen LogP contribution in [0.25, 0.3) is 0 Å². The van der Waals surface area contributed by atoms with Crippen molar-refractivity contribution in [3.8, 4) is 0 Å². The lowest BCUT2D eigenvalue weighted by atomic mass is 10.2. The molecule has 2 heterocycles. The zero-order valence-corrected chi connectivity index (χ0v) is 8.92. The van der Waals surface area contributed by atoms with E-state index in [9.17, 15) is 0 Å². The Morgan fingerprint density at radius 2 is 2.00 bits per heavy atom. The van der Waals surface area contributed by atoms with Gasteiger partial charge in [-0.05, 0) is 32.9 Å². The minimum atomic E-state index is 1.02. The highest BCUT2D eigenvalue weighted by molar-refractivity contribution is 5.08. The van der Waals surface area contributed by atoms with Gasteiger partial charge in [0.2, 0.25) is 0 Å². The zero-order chi connectivity index (χ0) is 9.80. The molecular weight excluding hydrogens is 174 g/mol. The lowest BCUT2D eigenvalue weighted by molar-refractivity contribution is 0.273. The molecule has 14 heavy (non-hydrogen) atoms. The standard InChI is InChI=1S/C11H19N3/c1-10-11(13-9-12-10)8-14-6-4-2-3-5-7-14/h9H,2-8H2,1H3,(H,12,13). The van der Waals surface area contributed by atoms with Crippen LogP contribution < -0.4 is 0 Å². The molecular formula is C11H19N3. The van der Waals surface area contributed by atoms with E-state index in [0.717, 1.165) is 6.54 Å². The van der Waals surface area contributed by atoms with Crippen LogP contribution in [0.1, 0.15) is 37.1 Å². The summed E-state index contributed by atoms with van der Waals surface area (Å²) in [5, 5.41) is 0. The summed E-state index contributed by atoms with van der Waals surface area (Å²) in [4.78, 5) is 10.0. The third-order valence-corrected chi connectivity index (χ3v) is 3.01. The van der Waals surface area contributed by atoms with Crippen LogP contribution in [-0.4, -0.2) is 28.0 Å². The number of aromatic amines is 1. The molecule has 1 aliphatic rings. The molecule has 2 rings (SSSR count). The average molecular weight is 193 g/mol. The van der Waals surface area contributed by atoms with Crippen LogP contribution in [0.4, 0.5) is 0 Å². The number of imidazole rings is 1. The number of likely N-dealkylation sites (tertiary alicyclic amines) is 1. The lowest BCUT2D eigenvalue weighted by Gasteiger charge is -2.18. The van der Waals surface area contributed by atoms with E-state index in [1.165, 1.54) is 50.2 Å². The maximum absolute atomic E-state index is 4.34. The van der Waals surface area contributed by atoms with E-state index in [1.54, 1.807) is 6.33 Å². The molecule has 3 nitrogen and oxygen atoms in total. The van der Waals surface area contributed by atoms with Crippen molar-refractivity contribution in [3.05, 3.63) is 17.7 Å². The lowest BCUT2D eigenvalue weighted by Crippen LogP contribution is -2.24. The molecule has 0 atom stereocenters. The molecule has 0 unspecified atom stereocenters. The molecule has 3 heteroatoms. The fraction of sp³-hybridized carbons (Fsp3) is 0.727. The van der Waals surface area contributed by atoms with Crippen LogP contribution >= 0.6 is 0 Å². The molecule has 1 fully saturated rings. The summed E-state index contributed by atoms with van der Waals surface area (Å²) in [5.74, 6) is 0. The molecule has 0 saturated carbocycles. The first kappa shape index (κ1) is 9.71. The van der Waals surface area contributed by atoms with Crippen molar-refractivity contribution < 1.29 is 0 Å². The molecule has 0 bridgehead atoms. The van der Waals surface area contributed by atoms with E-state index in [1.807, 2.05) is 0 Å². The van der Waals surface area contributed by atoms with E-state index in [2.05, 4.69) is 21.8 Å². The van der Waals surface area contributed by atoms with Crippen molar-refractivity contribution in [2.45, 2.75) is 39.2 Å². The Morgan fingerprint density at radius 3 is 2.57 bits per heavy atom. The van der Waals surface area contributed by atoms with Gasteiger partial charge in [0, 0.05) is 12.2 Å². The van der Waals surface area contributed by atoms with Gasteiger partial charge in [-0.25, -0.2) is 4.98 Å². The minimum absolute atomic E-state index is 1.02. The molecule has 1 N–H and O–H groups in total. The molecule has 1 aliphatic heterocycles. The van der Waals surface area contributed by atoms with Crippen LogP contribution in [0.15, 0.2) is 6.33 Å². The highest BCUT2D eigenvalue weighted by Crippen LogP contribution is 2.13. The predicted octanol–water partition coefficient (Wildman–Crippen LogP) is 2.09. The summed E-state index contributed by atoms with van der Waals surface area (Å²) in [6, 6.07) is 0. The smallest absolute Gasteiger partial charge is 0.0925 e. The summed E-state index contributed by atoms with van der Waals surface area (Å²) >= 11 is 0. The quantitative estimate of drug-likeness (QED) is 0.780. The van der Waals surface area contributed by atoms with Crippen molar-refractivity contribution >= 4 is 0 Å². The Bertz CT molecular complexity index is 272. The minimum Gasteiger partial charge on any atom is -0.348 e. The van der Waals surface area contributed by atoms with Crippen molar-refractivity contribution in [1.82, 2.24) is 14.9 Å². The van der Waals surface area contributed by atoms with Gasteiger partial charge in [-0.2, -0.15) is 0 Å². The first-order valence-corrected chi connectivity index (χ1v) is 5.57. The first-order valence-electron chi connectivity index (χ1n) is 5.57. The number of hydrogen-bond donors (Lipinski definition) is 1. The SMILES string of the molecule is Cc1[nH]cnc1CN1CCCCCC1. The summed E-state index contributed by atoms with van der Waals surface area (Å²) in [7, 11) is 0. The molecule has 1 aromatic rings. The van der Waals surface area contributed by atoms with Gasteiger partial charge in [-0.3, -0.25) is 4.90 Å². The average Bonchev–Trinajstić information content (AvgIpc) is 2.44. The van der Waals surface area contributed by atoms with Gasteiger partial charge in [0.25, 0.3) is 0 Å². The topological polar surface area (TPSA) is 31.9 Å². The molecule has 1 aromatic heterocycles. The van der Waals surface area contributed by atoms with Gasteiger partial charge in [-0.1, -0.05) is 12.8 Å². The monoisotopic (exact) mass is 193 g/mol. The van der Waals surface area contributed by atoms with Gasteiger partial charge in [0.15, 0.2) is 0 Å². The number of aromatic nitrogens is 2. The number of nitrogens with zero attached hydrogens (tertiary/aromatic N) is 2. The van der Waals surface area contributed by atoms with Gasteiger partial charge in [0.1, 0.15) is 0 Å². The van der Waals surface area contributed by atoms with E-state index in [-0.39, 0.29) is 0 Å². The van der Waals surface area contributed by atoms with Crippen molar-refractivity contribution in [2.24, 2.45) is 0 Å². The normalized spacial score (nSPS) is 19.5. The second kappa shape index (κ2) is 4.60. The molecule has 0 aliphatic carbocycles. The Hall–Kier alpha value is -0.830. The van der Waals surface area contributed by atoms with Gasteiger partial charge >= 0.3 is 0 Å². The van der Waals surface area contributed by atoms with Gasteiger partial charge in [-0.15, -0.1) is 0 Å². The Kier molecular flexibility index (Phi) is 3.19. The van der Waals surface area contributed by atoms with Crippen LogP contribution in [-0.2, 0) is 6.54 Å². The third kappa shape index (κ3) is 2.35. The summed E-state index contributed by atoms with van der Waals surface area (Å²) in [5.41, 5.74) is 2.43. The maximum atomic E-state index is 4.34. The number of rotatable bonds is 2. The molecule has 0 amide bonds. The molecule has 78 valence electrons. The Morgan fingerprint density at radius 1 is 1.29 bits per heavy atom. The Balaban J connectivity index is 1.92. The zero-order valence-electron chi connectivity index (χ0n) is 8.92. The predicted molar refractivity (Wildman–Crippen MR) is 57.1 cm³/mol. The molecule has 1 saturated heterocycles. The van der Waals surface area contributed by atoms with Crippen molar-refractivity contribution in [3.63, 3.8) is 0 Å². The van der Waals surface area contributed by atoms with E-state index < -0.39 is 0 Å². The first-order chi connectivity index (χ1) is 6.86. The number of hydrogen-bond acceptors (Lipinski definition) is 2. The van der Waals surface area contributed by atoms with Crippen LogP contribution in [0, 0.1) is 6.92 Å². The fourth-order valence-corrected chi connectivity index (χ4v) is 2.05. The molecule has 0 spiro atoms. The third-order valence-electron chi connectivity index (χ3n) is 3.01. The van der Waals surface area contributed by atoms with E-state index >= 15 is 0 Å². The van der Waals surface area contributed by atoms with Gasteiger partial charge in [0.05, 0.1) is 12.0 Å². The van der Waals surface area contributed by atoms with E-state index in [4.69, 9.17) is 0 Å². The fourth-order valence-electron chi connectivity index (χ4n) is 2.05. The largest absolute Gasteiger partial charge is 0.348 e. The Labute approximate surface area is 85.5 Å². The summed E-state index contributed by atoms with van der Waals surface area (Å²) in [6.45, 7) is 5.61. The van der Waals surface area contributed by atoms with Crippen molar-refractivity contribution in [1.29, 1.82) is 0 Å². The summed E-state index contributed by atoms with van der Waals surface area (Å²) in [6.07, 6.45) is 7.29. The van der Waals surface area contributed by atoms with Crippen LogP contribution in [0.5, 0.6) is 0 Å².